The first-order chi connectivity index (χ1) is 9.97. The molecule has 1 fully saturated rings. The summed E-state index contributed by atoms with van der Waals surface area (Å²) >= 11 is 3.57. The molecule has 0 bridgehead atoms. The van der Waals surface area contributed by atoms with Crippen LogP contribution in [-0.4, -0.2) is 49.1 Å². The molecule has 21 heavy (non-hydrogen) atoms. The molecule has 0 aliphatic carbocycles. The van der Waals surface area contributed by atoms with E-state index in [2.05, 4.69) is 45.1 Å². The van der Waals surface area contributed by atoms with Gasteiger partial charge in [0, 0.05) is 28.8 Å². The van der Waals surface area contributed by atoms with Crippen molar-refractivity contribution in [2.24, 2.45) is 0 Å². The number of likely N-dealkylation sites (tertiary alicyclic amines) is 1. The predicted molar refractivity (Wildman–Crippen MR) is 86.7 cm³/mol. The van der Waals surface area contributed by atoms with E-state index in [1.807, 2.05) is 12.1 Å². The fraction of sp³-hybridized carbons (Fsp3) is 0.533. The number of rotatable bonds is 2. The highest BCUT2D eigenvalue weighted by molar-refractivity contribution is 9.10. The predicted octanol–water partition coefficient (Wildman–Crippen LogP) is 1.96. The first kappa shape index (κ1) is 14.8. The minimum atomic E-state index is -1.06. The lowest BCUT2D eigenvalue weighted by molar-refractivity contribution is -0.123. The third-order valence-electron chi connectivity index (χ3n) is 4.54. The Balaban J connectivity index is 1.86. The maximum absolute atomic E-state index is 11.6. The number of aliphatic hydroxyl groups excluding tert-OH is 1. The van der Waals surface area contributed by atoms with Gasteiger partial charge < -0.3 is 20.2 Å². The van der Waals surface area contributed by atoms with Crippen LogP contribution in [0.3, 0.4) is 0 Å². The summed E-state index contributed by atoms with van der Waals surface area (Å²) in [5.41, 5.74) is 2.41. The van der Waals surface area contributed by atoms with Crippen LogP contribution in [0.1, 0.15) is 24.5 Å². The Bertz CT molecular complexity index is 570. The zero-order valence-electron chi connectivity index (χ0n) is 12.3. The second-order valence-electron chi connectivity index (χ2n) is 5.93. The molecular formula is C15H20BrN3O2. The monoisotopic (exact) mass is 353 g/mol. The molecular weight excluding hydrogens is 334 g/mol. The summed E-state index contributed by atoms with van der Waals surface area (Å²) in [6, 6.07) is 4.29. The number of amides is 1. The van der Waals surface area contributed by atoms with Crippen molar-refractivity contribution >= 4 is 33.2 Å². The van der Waals surface area contributed by atoms with E-state index in [0.29, 0.717) is 17.3 Å². The lowest BCUT2D eigenvalue weighted by Crippen LogP contribution is -2.42. The fourth-order valence-electron chi connectivity index (χ4n) is 3.10. The molecule has 1 unspecified atom stereocenters. The maximum atomic E-state index is 11.6. The van der Waals surface area contributed by atoms with Crippen molar-refractivity contribution in [3.8, 4) is 0 Å². The number of hydrogen-bond donors (Lipinski definition) is 2. The molecule has 1 saturated heterocycles. The molecule has 6 heteroatoms. The Morgan fingerprint density at radius 2 is 2.05 bits per heavy atom. The summed E-state index contributed by atoms with van der Waals surface area (Å²) in [5.74, 6) is -0.351. The molecule has 1 amide bonds. The number of halogens is 1. The number of carbonyl (C=O) groups excluding carboxylic acids is 1. The summed E-state index contributed by atoms with van der Waals surface area (Å²) < 4.78 is 0.915. The molecule has 1 atom stereocenters. The first-order valence-electron chi connectivity index (χ1n) is 7.21. The normalized spacial score (nSPS) is 23.0. The molecule has 0 aromatic heterocycles. The zero-order valence-corrected chi connectivity index (χ0v) is 13.9. The van der Waals surface area contributed by atoms with Crippen molar-refractivity contribution < 1.29 is 9.90 Å². The van der Waals surface area contributed by atoms with Crippen molar-refractivity contribution in [2.45, 2.75) is 25.0 Å². The Labute approximate surface area is 133 Å². The zero-order chi connectivity index (χ0) is 15.1. The molecule has 2 N–H and O–H groups in total. The number of hydrogen-bond acceptors (Lipinski definition) is 4. The average Bonchev–Trinajstić information content (AvgIpc) is 2.73. The molecule has 2 heterocycles. The van der Waals surface area contributed by atoms with E-state index in [-0.39, 0.29) is 5.91 Å². The van der Waals surface area contributed by atoms with Crippen LogP contribution in [0.4, 0.5) is 11.4 Å². The van der Waals surface area contributed by atoms with Crippen LogP contribution in [0.25, 0.3) is 0 Å². The Morgan fingerprint density at radius 1 is 1.38 bits per heavy atom. The van der Waals surface area contributed by atoms with Gasteiger partial charge in [0.1, 0.15) is 0 Å². The molecule has 1 aromatic carbocycles. The quantitative estimate of drug-likeness (QED) is 0.853. The fourth-order valence-corrected chi connectivity index (χ4v) is 3.74. The topological polar surface area (TPSA) is 55.8 Å². The molecule has 2 aliphatic heterocycles. The van der Waals surface area contributed by atoms with E-state index in [9.17, 15) is 9.90 Å². The highest BCUT2D eigenvalue weighted by Crippen LogP contribution is 2.39. The van der Waals surface area contributed by atoms with Crippen LogP contribution >= 0.6 is 15.9 Å². The summed E-state index contributed by atoms with van der Waals surface area (Å²) in [6.07, 6.45) is 1.20. The number of aliphatic hydroxyl groups is 1. The van der Waals surface area contributed by atoms with Gasteiger partial charge >= 0.3 is 0 Å². The molecule has 3 rings (SSSR count). The van der Waals surface area contributed by atoms with Crippen molar-refractivity contribution in [2.75, 3.05) is 37.4 Å². The van der Waals surface area contributed by atoms with Gasteiger partial charge in [-0.2, -0.15) is 0 Å². The minimum absolute atomic E-state index is 0.351. The van der Waals surface area contributed by atoms with Crippen molar-refractivity contribution in [1.29, 1.82) is 0 Å². The highest BCUT2D eigenvalue weighted by atomic mass is 79.9. The molecule has 2 aliphatic rings. The number of nitrogens with one attached hydrogen (secondary N) is 1. The van der Waals surface area contributed by atoms with Gasteiger partial charge in [0.2, 0.25) is 0 Å². The third-order valence-corrected chi connectivity index (χ3v) is 5.17. The number of piperidine rings is 1. The van der Waals surface area contributed by atoms with Gasteiger partial charge in [-0.25, -0.2) is 0 Å². The number of fused-ring (bicyclic) bond motifs is 1. The number of benzene rings is 1. The summed E-state index contributed by atoms with van der Waals surface area (Å²) in [7, 11) is 4.24. The Morgan fingerprint density at radius 3 is 2.71 bits per heavy atom. The second kappa shape index (κ2) is 5.59. The van der Waals surface area contributed by atoms with Gasteiger partial charge in [-0.1, -0.05) is 0 Å². The summed E-state index contributed by atoms with van der Waals surface area (Å²) in [5, 5.41) is 12.6. The molecule has 114 valence electrons. The van der Waals surface area contributed by atoms with Crippen molar-refractivity contribution in [1.82, 2.24) is 4.90 Å². The smallest absolute Gasteiger partial charge is 0.257 e. The van der Waals surface area contributed by atoms with Crippen LogP contribution in [0.15, 0.2) is 16.6 Å². The van der Waals surface area contributed by atoms with Crippen LogP contribution < -0.4 is 10.2 Å². The maximum Gasteiger partial charge on any atom is 0.257 e. The highest BCUT2D eigenvalue weighted by Gasteiger charge is 2.31. The largest absolute Gasteiger partial charge is 0.378 e. The van der Waals surface area contributed by atoms with Gasteiger partial charge in [0.05, 0.1) is 5.69 Å². The van der Waals surface area contributed by atoms with Crippen LogP contribution in [0.5, 0.6) is 0 Å². The lowest BCUT2D eigenvalue weighted by Gasteiger charge is -2.37. The van der Waals surface area contributed by atoms with Crippen molar-refractivity contribution in [3.63, 3.8) is 0 Å². The van der Waals surface area contributed by atoms with E-state index >= 15 is 0 Å². The van der Waals surface area contributed by atoms with E-state index in [1.165, 1.54) is 0 Å². The van der Waals surface area contributed by atoms with E-state index < -0.39 is 6.10 Å². The first-order valence-corrected chi connectivity index (χ1v) is 8.00. The molecule has 0 spiro atoms. The van der Waals surface area contributed by atoms with Gasteiger partial charge in [-0.15, -0.1) is 0 Å². The van der Waals surface area contributed by atoms with E-state index in [4.69, 9.17) is 0 Å². The van der Waals surface area contributed by atoms with Crippen LogP contribution in [-0.2, 0) is 4.79 Å². The number of carbonyl (C=O) groups is 1. The molecule has 0 saturated carbocycles. The van der Waals surface area contributed by atoms with Gasteiger partial charge in [0.15, 0.2) is 6.10 Å². The Kier molecular flexibility index (Phi) is 3.94. The van der Waals surface area contributed by atoms with Crippen LogP contribution in [0, 0.1) is 0 Å². The number of anilines is 2. The third kappa shape index (κ3) is 2.67. The van der Waals surface area contributed by atoms with Gasteiger partial charge in [-0.05, 0) is 61.0 Å². The van der Waals surface area contributed by atoms with Gasteiger partial charge in [0.25, 0.3) is 5.91 Å². The standard InChI is InChI=1S/C15H20BrN3O2/c1-18-5-3-9(4-6-18)19(2)13-8-12-10(7-11(13)16)14(20)15(21)17-12/h7-9,14,20H,3-6H2,1-2H3,(H,17,21). The summed E-state index contributed by atoms with van der Waals surface area (Å²) in [6.45, 7) is 2.21. The summed E-state index contributed by atoms with van der Waals surface area (Å²) in [4.78, 5) is 16.2. The molecule has 1 aromatic rings. The second-order valence-corrected chi connectivity index (χ2v) is 6.78. The molecule has 5 nitrogen and oxygen atoms in total. The number of nitrogens with zero attached hydrogens (tertiary/aromatic N) is 2. The minimum Gasteiger partial charge on any atom is -0.378 e. The van der Waals surface area contributed by atoms with Gasteiger partial charge in [-0.3, -0.25) is 4.79 Å². The van der Waals surface area contributed by atoms with E-state index in [0.717, 1.165) is 36.1 Å². The SMILES string of the molecule is CN1CCC(N(C)c2cc3c(cc2Br)C(O)C(=O)N3)CC1. The van der Waals surface area contributed by atoms with E-state index in [1.54, 1.807) is 0 Å². The van der Waals surface area contributed by atoms with Crippen LogP contribution in [0.2, 0.25) is 0 Å². The van der Waals surface area contributed by atoms with Crippen molar-refractivity contribution in [3.05, 3.63) is 22.2 Å². The Hall–Kier alpha value is -1.11. The molecule has 0 radical (unpaired) electrons. The average molecular weight is 354 g/mol. The lowest BCUT2D eigenvalue weighted by atomic mass is 10.0.